The van der Waals surface area contributed by atoms with Crippen LogP contribution in [0.2, 0.25) is 0 Å². The second-order valence-electron chi connectivity index (χ2n) is 3.14. The van der Waals surface area contributed by atoms with Crippen molar-refractivity contribution in [3.8, 4) is 6.07 Å². The van der Waals surface area contributed by atoms with Crippen molar-refractivity contribution in [2.24, 2.45) is 0 Å². The highest BCUT2D eigenvalue weighted by molar-refractivity contribution is 7.86. The Kier molecular flexibility index (Phi) is 6.90. The van der Waals surface area contributed by atoms with E-state index in [0.717, 1.165) is 6.26 Å². The van der Waals surface area contributed by atoms with Gasteiger partial charge in [0.25, 0.3) is 10.1 Å². The summed E-state index contributed by atoms with van der Waals surface area (Å²) in [6.07, 6.45) is -0.468. The van der Waals surface area contributed by atoms with E-state index in [-0.39, 0.29) is 19.2 Å². The van der Waals surface area contributed by atoms with Gasteiger partial charge in [-0.15, -0.1) is 0 Å². The number of hydrogen-bond donors (Lipinski definition) is 0. The molecule has 0 amide bonds. The molecule has 0 radical (unpaired) electrons. The highest BCUT2D eigenvalue weighted by Crippen LogP contribution is 2.47. The molecule has 0 fully saturated rings. The molecule has 9 heteroatoms. The zero-order chi connectivity index (χ0) is 13.5. The van der Waals surface area contributed by atoms with Crippen molar-refractivity contribution in [1.82, 2.24) is 0 Å². The van der Waals surface area contributed by atoms with Crippen LogP contribution in [0.15, 0.2) is 0 Å². The van der Waals surface area contributed by atoms with E-state index in [1.165, 1.54) is 7.11 Å². The van der Waals surface area contributed by atoms with E-state index in [1.807, 2.05) is 0 Å². The van der Waals surface area contributed by atoms with Gasteiger partial charge in [0.1, 0.15) is 0 Å². The number of hydrogen-bond acceptors (Lipinski definition) is 7. The van der Waals surface area contributed by atoms with E-state index in [2.05, 4.69) is 4.18 Å². The highest BCUT2D eigenvalue weighted by atomic mass is 32.2. The van der Waals surface area contributed by atoms with Gasteiger partial charge in [-0.2, -0.15) is 13.7 Å². The van der Waals surface area contributed by atoms with Crippen LogP contribution in [0.4, 0.5) is 0 Å². The van der Waals surface area contributed by atoms with Crippen molar-refractivity contribution >= 4 is 17.7 Å². The minimum atomic E-state index is -3.72. The van der Waals surface area contributed by atoms with Crippen molar-refractivity contribution in [2.75, 3.05) is 26.1 Å². The third kappa shape index (κ3) is 7.47. The molecule has 2 unspecified atom stereocenters. The first kappa shape index (κ1) is 16.6. The van der Waals surface area contributed by atoms with Crippen LogP contribution in [-0.2, 0) is 27.9 Å². The van der Waals surface area contributed by atoms with Crippen LogP contribution < -0.4 is 0 Å². The number of nitriles is 1. The fourth-order valence-corrected chi connectivity index (χ4v) is 2.95. The molecule has 100 valence electrons. The largest absolute Gasteiger partial charge is 0.330 e. The molecule has 0 aliphatic carbocycles. The van der Waals surface area contributed by atoms with Crippen molar-refractivity contribution < 1.29 is 26.2 Å². The van der Waals surface area contributed by atoms with Gasteiger partial charge in [-0.05, 0) is 13.3 Å². The summed E-state index contributed by atoms with van der Waals surface area (Å²) in [6, 6.07) is 1.66. The van der Waals surface area contributed by atoms with Crippen molar-refractivity contribution in [3.05, 3.63) is 0 Å². The maximum atomic E-state index is 11.8. The Morgan fingerprint density at radius 1 is 1.47 bits per heavy atom. The summed E-state index contributed by atoms with van der Waals surface area (Å²) in [6.45, 7) is 1.86. The highest BCUT2D eigenvalue weighted by Gasteiger charge is 2.25. The van der Waals surface area contributed by atoms with Gasteiger partial charge in [0.15, 0.2) is 6.10 Å². The fourth-order valence-electron chi connectivity index (χ4n) is 1.03. The fraction of sp³-hybridized carbons (Fsp3) is 0.875. The molecule has 0 aromatic heterocycles. The van der Waals surface area contributed by atoms with Gasteiger partial charge in [-0.1, -0.05) is 0 Å². The summed E-state index contributed by atoms with van der Waals surface area (Å²) < 4.78 is 47.6. The molecule has 0 bridgehead atoms. The molecule has 0 N–H and O–H groups in total. The van der Waals surface area contributed by atoms with Gasteiger partial charge < -0.3 is 9.05 Å². The van der Waals surface area contributed by atoms with E-state index >= 15 is 0 Å². The first-order valence-corrected chi connectivity index (χ1v) is 8.38. The van der Waals surface area contributed by atoms with Crippen LogP contribution in [0, 0.1) is 11.3 Å². The molecule has 2 atom stereocenters. The lowest BCUT2D eigenvalue weighted by Gasteiger charge is -2.16. The van der Waals surface area contributed by atoms with Gasteiger partial charge in [-0.25, -0.2) is 0 Å². The minimum Gasteiger partial charge on any atom is -0.312 e. The van der Waals surface area contributed by atoms with Crippen molar-refractivity contribution in [1.29, 1.82) is 5.26 Å². The summed E-state index contributed by atoms with van der Waals surface area (Å²) in [5.41, 5.74) is 0. The monoisotopic (exact) mass is 285 g/mol. The molecule has 0 saturated heterocycles. The van der Waals surface area contributed by atoms with Gasteiger partial charge in [-0.3, -0.25) is 8.75 Å². The molecule has 0 aliphatic heterocycles. The normalized spacial score (nSPS) is 17.1. The van der Waals surface area contributed by atoms with Crippen LogP contribution in [0.3, 0.4) is 0 Å². The molecule has 0 aliphatic rings. The average Bonchev–Trinajstić information content (AvgIpc) is 2.23. The van der Waals surface area contributed by atoms with Crippen molar-refractivity contribution in [3.63, 3.8) is 0 Å². The average molecular weight is 285 g/mol. The Bertz CT molecular complexity index is 414. The summed E-state index contributed by atoms with van der Waals surface area (Å²) in [5.74, 6) is 0. The molecular formula is C8H16NO6PS. The molecule has 0 aromatic rings. The first-order valence-electron chi connectivity index (χ1n) is 4.83. The van der Waals surface area contributed by atoms with Gasteiger partial charge >= 0.3 is 7.60 Å². The lowest BCUT2D eigenvalue weighted by Crippen LogP contribution is -2.17. The van der Waals surface area contributed by atoms with E-state index in [1.54, 1.807) is 13.0 Å². The molecule has 7 nitrogen and oxygen atoms in total. The standard InChI is InChI=1S/C8H16NO6PS/c1-4-14-16(10,13-2)6-5-8(7-9)15-17(3,11)12/h8H,4-6H2,1-3H3. The number of rotatable bonds is 8. The second kappa shape index (κ2) is 7.09. The maximum absolute atomic E-state index is 11.8. The maximum Gasteiger partial charge on any atom is 0.330 e. The quantitative estimate of drug-likeness (QED) is 0.486. The Morgan fingerprint density at radius 2 is 2.06 bits per heavy atom. The predicted octanol–water partition coefficient (Wildman–Crippen LogP) is 1.12. The molecule has 0 saturated carbocycles. The first-order chi connectivity index (χ1) is 7.76. The number of nitrogens with zero attached hydrogens (tertiary/aromatic N) is 1. The van der Waals surface area contributed by atoms with Gasteiger partial charge in [0.2, 0.25) is 0 Å². The van der Waals surface area contributed by atoms with Crippen LogP contribution in [0.1, 0.15) is 13.3 Å². The summed E-state index contributed by atoms with van der Waals surface area (Å²) >= 11 is 0. The third-order valence-electron chi connectivity index (χ3n) is 1.70. The Hall–Kier alpha value is -0.450. The van der Waals surface area contributed by atoms with Crippen LogP contribution in [-0.4, -0.2) is 40.7 Å². The lowest BCUT2D eigenvalue weighted by molar-refractivity contribution is 0.229. The summed E-state index contributed by atoms with van der Waals surface area (Å²) in [7, 11) is -5.74. The Morgan fingerprint density at radius 3 is 2.41 bits per heavy atom. The topological polar surface area (TPSA) is 103 Å². The molecule has 17 heavy (non-hydrogen) atoms. The van der Waals surface area contributed by atoms with E-state index < -0.39 is 23.8 Å². The zero-order valence-corrected chi connectivity index (χ0v) is 11.7. The smallest absolute Gasteiger partial charge is 0.312 e. The van der Waals surface area contributed by atoms with E-state index in [9.17, 15) is 13.0 Å². The minimum absolute atomic E-state index is 0.0469. The van der Waals surface area contributed by atoms with Crippen LogP contribution >= 0.6 is 7.60 Å². The van der Waals surface area contributed by atoms with Crippen LogP contribution in [0.25, 0.3) is 0 Å². The van der Waals surface area contributed by atoms with Gasteiger partial charge in [0.05, 0.1) is 25.1 Å². The van der Waals surface area contributed by atoms with Gasteiger partial charge in [0, 0.05) is 7.11 Å². The summed E-state index contributed by atoms with van der Waals surface area (Å²) in [5, 5.41) is 8.68. The van der Waals surface area contributed by atoms with Crippen molar-refractivity contribution in [2.45, 2.75) is 19.4 Å². The SMILES string of the molecule is CCOP(=O)(CCC(C#N)OS(C)(=O)=O)OC. The Balaban J connectivity index is 4.43. The molecule has 0 spiro atoms. The second-order valence-corrected chi connectivity index (χ2v) is 7.03. The molecule has 0 aromatic carbocycles. The van der Waals surface area contributed by atoms with Crippen LogP contribution in [0.5, 0.6) is 0 Å². The third-order valence-corrected chi connectivity index (χ3v) is 4.30. The predicted molar refractivity (Wildman–Crippen MR) is 61.1 cm³/mol. The Labute approximate surface area is 101 Å². The van der Waals surface area contributed by atoms with E-state index in [0.29, 0.717) is 0 Å². The molecular weight excluding hydrogens is 269 g/mol. The zero-order valence-electron chi connectivity index (χ0n) is 9.95. The summed E-state index contributed by atoms with van der Waals surface area (Å²) in [4.78, 5) is 0. The molecule has 0 heterocycles. The lowest BCUT2D eigenvalue weighted by atomic mass is 10.3. The van der Waals surface area contributed by atoms with E-state index in [4.69, 9.17) is 14.3 Å². The molecule has 0 rings (SSSR count).